The molecule has 0 aliphatic carbocycles. The Bertz CT molecular complexity index is 340. The van der Waals surface area contributed by atoms with Crippen LogP contribution in [0, 0.1) is 0 Å². The van der Waals surface area contributed by atoms with Gasteiger partial charge < -0.3 is 4.52 Å². The minimum Gasteiger partial charge on any atom is -0.365 e. The van der Waals surface area contributed by atoms with Gasteiger partial charge in [0.05, 0.1) is 5.69 Å². The lowest BCUT2D eigenvalue weighted by atomic mass is 10.1. The van der Waals surface area contributed by atoms with E-state index in [4.69, 9.17) is 4.52 Å². The van der Waals surface area contributed by atoms with Gasteiger partial charge in [0.1, 0.15) is 6.26 Å². The molecule has 1 aromatic heterocycles. The Kier molecular flexibility index (Phi) is 2.41. The fourth-order valence-corrected chi connectivity index (χ4v) is 1.28. The third kappa shape index (κ3) is 2.18. The van der Waals surface area contributed by atoms with Crippen LogP contribution in [-0.4, -0.2) is 5.16 Å². The Labute approximate surface area is 77.2 Å². The summed E-state index contributed by atoms with van der Waals surface area (Å²) in [6, 6.07) is 12.3. The van der Waals surface area contributed by atoms with E-state index in [1.807, 2.05) is 12.1 Å². The standard InChI is InChI=1S/C11H11NO/c1-2-4-10(5-3-1)6-7-11-8-9-13-12-11/h1-5,8-9H,6-7H2. The van der Waals surface area contributed by atoms with Crippen LogP contribution in [0.3, 0.4) is 0 Å². The molecule has 0 saturated heterocycles. The van der Waals surface area contributed by atoms with Crippen molar-refractivity contribution in [3.05, 3.63) is 53.9 Å². The molecular weight excluding hydrogens is 162 g/mol. The summed E-state index contributed by atoms with van der Waals surface area (Å²) in [4.78, 5) is 0. The van der Waals surface area contributed by atoms with Crippen molar-refractivity contribution in [1.82, 2.24) is 5.16 Å². The van der Waals surface area contributed by atoms with Gasteiger partial charge in [0.15, 0.2) is 0 Å². The average molecular weight is 173 g/mol. The van der Waals surface area contributed by atoms with Crippen LogP contribution in [0.1, 0.15) is 11.3 Å². The van der Waals surface area contributed by atoms with E-state index < -0.39 is 0 Å². The highest BCUT2D eigenvalue weighted by atomic mass is 16.5. The first-order valence-corrected chi connectivity index (χ1v) is 4.38. The molecule has 0 bridgehead atoms. The van der Waals surface area contributed by atoms with E-state index in [-0.39, 0.29) is 0 Å². The van der Waals surface area contributed by atoms with Gasteiger partial charge >= 0.3 is 0 Å². The van der Waals surface area contributed by atoms with Crippen molar-refractivity contribution < 1.29 is 4.52 Å². The van der Waals surface area contributed by atoms with Gasteiger partial charge in [-0.3, -0.25) is 0 Å². The predicted octanol–water partition coefficient (Wildman–Crippen LogP) is 2.46. The molecule has 0 aliphatic heterocycles. The third-order valence-electron chi connectivity index (χ3n) is 2.00. The van der Waals surface area contributed by atoms with Crippen LogP contribution in [0.4, 0.5) is 0 Å². The van der Waals surface area contributed by atoms with Crippen LogP contribution in [0.25, 0.3) is 0 Å². The number of rotatable bonds is 3. The molecule has 66 valence electrons. The maximum atomic E-state index is 4.75. The number of hydrogen-bond donors (Lipinski definition) is 0. The van der Waals surface area contributed by atoms with Gasteiger partial charge in [-0.1, -0.05) is 35.5 Å². The average Bonchev–Trinajstić information content (AvgIpc) is 2.69. The Morgan fingerprint density at radius 1 is 1.00 bits per heavy atom. The highest BCUT2D eigenvalue weighted by molar-refractivity contribution is 5.15. The molecule has 0 N–H and O–H groups in total. The maximum Gasteiger partial charge on any atom is 0.124 e. The summed E-state index contributed by atoms with van der Waals surface area (Å²) in [5, 5.41) is 3.86. The Morgan fingerprint density at radius 3 is 2.54 bits per heavy atom. The molecule has 0 unspecified atom stereocenters. The topological polar surface area (TPSA) is 26.0 Å². The van der Waals surface area contributed by atoms with Crippen molar-refractivity contribution in [2.24, 2.45) is 0 Å². The summed E-state index contributed by atoms with van der Waals surface area (Å²) in [6.07, 6.45) is 3.58. The number of benzene rings is 1. The van der Waals surface area contributed by atoms with Crippen LogP contribution >= 0.6 is 0 Å². The van der Waals surface area contributed by atoms with E-state index in [1.54, 1.807) is 6.26 Å². The monoisotopic (exact) mass is 173 g/mol. The van der Waals surface area contributed by atoms with Gasteiger partial charge in [-0.2, -0.15) is 0 Å². The molecule has 0 spiro atoms. The predicted molar refractivity (Wildman–Crippen MR) is 50.4 cm³/mol. The van der Waals surface area contributed by atoms with E-state index in [0.29, 0.717) is 0 Å². The molecule has 0 saturated carbocycles. The van der Waals surface area contributed by atoms with Gasteiger partial charge in [0.2, 0.25) is 0 Å². The van der Waals surface area contributed by atoms with Crippen molar-refractivity contribution >= 4 is 0 Å². The zero-order valence-corrected chi connectivity index (χ0v) is 7.31. The molecule has 0 atom stereocenters. The SMILES string of the molecule is c1ccc(CCc2ccon2)cc1. The number of hydrogen-bond acceptors (Lipinski definition) is 2. The number of aryl methyl sites for hydroxylation is 2. The van der Waals surface area contributed by atoms with Crippen molar-refractivity contribution in [3.8, 4) is 0 Å². The second-order valence-corrected chi connectivity index (χ2v) is 2.98. The number of aromatic nitrogens is 1. The third-order valence-corrected chi connectivity index (χ3v) is 2.00. The normalized spacial score (nSPS) is 10.2. The lowest BCUT2D eigenvalue weighted by molar-refractivity contribution is 0.411. The lowest BCUT2D eigenvalue weighted by Crippen LogP contribution is -1.90. The lowest BCUT2D eigenvalue weighted by Gasteiger charge is -1.96. The molecule has 2 heteroatoms. The Morgan fingerprint density at radius 2 is 1.85 bits per heavy atom. The fourth-order valence-electron chi connectivity index (χ4n) is 1.28. The Hall–Kier alpha value is -1.57. The second-order valence-electron chi connectivity index (χ2n) is 2.98. The molecule has 2 aromatic rings. The van der Waals surface area contributed by atoms with E-state index in [0.717, 1.165) is 18.5 Å². The number of nitrogens with zero attached hydrogens (tertiary/aromatic N) is 1. The first-order chi connectivity index (χ1) is 6.45. The molecule has 1 aromatic carbocycles. The smallest absolute Gasteiger partial charge is 0.124 e. The summed E-state index contributed by atoms with van der Waals surface area (Å²) in [7, 11) is 0. The first kappa shape index (κ1) is 8.05. The summed E-state index contributed by atoms with van der Waals surface area (Å²) in [6.45, 7) is 0. The van der Waals surface area contributed by atoms with E-state index in [2.05, 4.69) is 29.4 Å². The van der Waals surface area contributed by atoms with Crippen LogP contribution in [0.15, 0.2) is 47.2 Å². The summed E-state index contributed by atoms with van der Waals surface area (Å²) < 4.78 is 4.75. The summed E-state index contributed by atoms with van der Waals surface area (Å²) in [5.74, 6) is 0. The van der Waals surface area contributed by atoms with Crippen molar-refractivity contribution in [2.45, 2.75) is 12.8 Å². The zero-order valence-electron chi connectivity index (χ0n) is 7.31. The minimum absolute atomic E-state index is 0.945. The van der Waals surface area contributed by atoms with E-state index in [1.165, 1.54) is 5.56 Å². The maximum absolute atomic E-state index is 4.75. The van der Waals surface area contributed by atoms with Crippen LogP contribution < -0.4 is 0 Å². The van der Waals surface area contributed by atoms with Gasteiger partial charge in [0, 0.05) is 6.07 Å². The molecule has 2 nitrogen and oxygen atoms in total. The fraction of sp³-hybridized carbons (Fsp3) is 0.182. The molecular formula is C11H11NO. The largest absolute Gasteiger partial charge is 0.365 e. The molecule has 13 heavy (non-hydrogen) atoms. The molecule has 0 amide bonds. The van der Waals surface area contributed by atoms with Gasteiger partial charge in [-0.25, -0.2) is 0 Å². The minimum atomic E-state index is 0.945. The van der Waals surface area contributed by atoms with Gasteiger partial charge in [0.25, 0.3) is 0 Å². The van der Waals surface area contributed by atoms with Crippen LogP contribution in [0.2, 0.25) is 0 Å². The van der Waals surface area contributed by atoms with Crippen molar-refractivity contribution in [1.29, 1.82) is 0 Å². The molecule has 2 rings (SSSR count). The summed E-state index contributed by atoms with van der Waals surface area (Å²) in [5.41, 5.74) is 2.36. The highest BCUT2D eigenvalue weighted by Gasteiger charge is 1.96. The van der Waals surface area contributed by atoms with E-state index >= 15 is 0 Å². The van der Waals surface area contributed by atoms with Crippen LogP contribution in [-0.2, 0) is 12.8 Å². The molecule has 1 heterocycles. The quantitative estimate of drug-likeness (QED) is 0.712. The second kappa shape index (κ2) is 3.90. The van der Waals surface area contributed by atoms with Crippen LogP contribution in [0.5, 0.6) is 0 Å². The zero-order chi connectivity index (χ0) is 8.93. The summed E-state index contributed by atoms with van der Waals surface area (Å²) >= 11 is 0. The molecule has 0 aliphatic rings. The molecule has 0 fully saturated rings. The van der Waals surface area contributed by atoms with Gasteiger partial charge in [-0.15, -0.1) is 0 Å². The Balaban J connectivity index is 1.94. The molecule has 0 radical (unpaired) electrons. The van der Waals surface area contributed by atoms with Crippen molar-refractivity contribution in [2.75, 3.05) is 0 Å². The van der Waals surface area contributed by atoms with Gasteiger partial charge in [-0.05, 0) is 18.4 Å². The van der Waals surface area contributed by atoms with E-state index in [9.17, 15) is 0 Å². The highest BCUT2D eigenvalue weighted by Crippen LogP contribution is 2.04. The van der Waals surface area contributed by atoms with Crippen molar-refractivity contribution in [3.63, 3.8) is 0 Å². The first-order valence-electron chi connectivity index (χ1n) is 4.38.